The fourth-order valence-corrected chi connectivity index (χ4v) is 3.07. The van der Waals surface area contributed by atoms with Crippen LogP contribution < -0.4 is 5.73 Å². The SMILES string of the molecule is COCCOCCCS(=O)(=O)c1ccc(C)cc1N. The molecule has 1 rings (SSSR count). The van der Waals surface area contributed by atoms with Gasteiger partial charge in [-0.2, -0.15) is 0 Å². The molecule has 0 aliphatic carbocycles. The third-order valence-electron chi connectivity index (χ3n) is 2.63. The summed E-state index contributed by atoms with van der Waals surface area (Å²) < 4.78 is 34.2. The van der Waals surface area contributed by atoms with Gasteiger partial charge < -0.3 is 15.2 Å². The van der Waals surface area contributed by atoms with E-state index in [9.17, 15) is 8.42 Å². The van der Waals surface area contributed by atoms with Crippen molar-refractivity contribution in [3.8, 4) is 0 Å². The molecule has 1 aromatic rings. The van der Waals surface area contributed by atoms with E-state index in [4.69, 9.17) is 15.2 Å². The molecule has 2 N–H and O–H groups in total. The minimum Gasteiger partial charge on any atom is -0.398 e. The lowest BCUT2D eigenvalue weighted by Crippen LogP contribution is -2.12. The summed E-state index contributed by atoms with van der Waals surface area (Å²) in [6, 6.07) is 4.98. The first-order valence-corrected chi connectivity index (χ1v) is 7.78. The Morgan fingerprint density at radius 2 is 1.95 bits per heavy atom. The molecule has 19 heavy (non-hydrogen) atoms. The van der Waals surface area contributed by atoms with Gasteiger partial charge in [-0.25, -0.2) is 8.42 Å². The molecule has 0 radical (unpaired) electrons. The molecule has 6 heteroatoms. The predicted octanol–water partition coefficient (Wildman–Crippen LogP) is 1.40. The van der Waals surface area contributed by atoms with Crippen molar-refractivity contribution in [2.75, 3.05) is 38.4 Å². The summed E-state index contributed by atoms with van der Waals surface area (Å²) in [5, 5.41) is 0. The molecule has 0 aromatic heterocycles. The summed E-state index contributed by atoms with van der Waals surface area (Å²) in [5.74, 6) is 0.0350. The van der Waals surface area contributed by atoms with Crippen LogP contribution in [0.2, 0.25) is 0 Å². The van der Waals surface area contributed by atoms with E-state index in [0.717, 1.165) is 5.56 Å². The first-order chi connectivity index (χ1) is 8.97. The highest BCUT2D eigenvalue weighted by Crippen LogP contribution is 2.21. The summed E-state index contributed by atoms with van der Waals surface area (Å²) in [6.07, 6.45) is 0.444. The summed E-state index contributed by atoms with van der Waals surface area (Å²) >= 11 is 0. The highest BCUT2D eigenvalue weighted by molar-refractivity contribution is 7.91. The van der Waals surface area contributed by atoms with E-state index in [2.05, 4.69) is 0 Å². The van der Waals surface area contributed by atoms with Gasteiger partial charge in [-0.05, 0) is 31.0 Å². The normalized spacial score (nSPS) is 11.7. The minimum atomic E-state index is -3.34. The number of nitrogen functional groups attached to an aromatic ring is 1. The number of aryl methyl sites for hydroxylation is 1. The van der Waals surface area contributed by atoms with Crippen molar-refractivity contribution in [3.05, 3.63) is 23.8 Å². The Kier molecular flexibility index (Phi) is 6.27. The van der Waals surface area contributed by atoms with E-state index >= 15 is 0 Å². The first-order valence-electron chi connectivity index (χ1n) is 6.13. The van der Waals surface area contributed by atoms with Crippen molar-refractivity contribution in [1.82, 2.24) is 0 Å². The third-order valence-corrected chi connectivity index (χ3v) is 4.50. The van der Waals surface area contributed by atoms with Crippen LogP contribution in [-0.4, -0.2) is 41.1 Å². The van der Waals surface area contributed by atoms with Crippen LogP contribution in [0.5, 0.6) is 0 Å². The number of hydrogen-bond acceptors (Lipinski definition) is 5. The van der Waals surface area contributed by atoms with Crippen LogP contribution in [-0.2, 0) is 19.3 Å². The van der Waals surface area contributed by atoms with Crippen LogP contribution in [0.15, 0.2) is 23.1 Å². The topological polar surface area (TPSA) is 78.6 Å². The lowest BCUT2D eigenvalue weighted by molar-refractivity contribution is 0.0712. The Morgan fingerprint density at radius 1 is 1.21 bits per heavy atom. The monoisotopic (exact) mass is 287 g/mol. The average Bonchev–Trinajstić information content (AvgIpc) is 2.33. The molecular formula is C13H21NO4S. The van der Waals surface area contributed by atoms with Crippen LogP contribution in [0.25, 0.3) is 0 Å². The number of benzene rings is 1. The van der Waals surface area contributed by atoms with Crippen LogP contribution >= 0.6 is 0 Å². The van der Waals surface area contributed by atoms with E-state index in [-0.39, 0.29) is 10.6 Å². The molecule has 0 aliphatic rings. The molecular weight excluding hydrogens is 266 g/mol. The second-order valence-electron chi connectivity index (χ2n) is 4.32. The highest BCUT2D eigenvalue weighted by Gasteiger charge is 2.17. The maximum absolute atomic E-state index is 12.1. The lowest BCUT2D eigenvalue weighted by atomic mass is 10.2. The molecule has 0 bridgehead atoms. The summed E-state index contributed by atoms with van der Waals surface area (Å²) in [4.78, 5) is 0.204. The van der Waals surface area contributed by atoms with Crippen LogP contribution in [0.4, 0.5) is 5.69 Å². The number of sulfone groups is 1. The maximum atomic E-state index is 12.1. The van der Waals surface area contributed by atoms with Gasteiger partial charge in [0.05, 0.1) is 29.5 Å². The molecule has 0 heterocycles. The smallest absolute Gasteiger partial charge is 0.180 e. The van der Waals surface area contributed by atoms with Gasteiger partial charge in [-0.3, -0.25) is 0 Å². The van der Waals surface area contributed by atoms with Gasteiger partial charge in [-0.1, -0.05) is 6.07 Å². The number of hydrogen-bond donors (Lipinski definition) is 1. The van der Waals surface area contributed by atoms with Crippen molar-refractivity contribution >= 4 is 15.5 Å². The minimum absolute atomic E-state index is 0.0350. The molecule has 5 nitrogen and oxygen atoms in total. The van der Waals surface area contributed by atoms with Gasteiger partial charge in [0.25, 0.3) is 0 Å². The quantitative estimate of drug-likeness (QED) is 0.577. The Balaban J connectivity index is 2.52. The van der Waals surface area contributed by atoms with Crippen molar-refractivity contribution in [2.45, 2.75) is 18.2 Å². The van der Waals surface area contributed by atoms with Crippen LogP contribution in [0, 0.1) is 6.92 Å². The fraction of sp³-hybridized carbons (Fsp3) is 0.538. The number of methoxy groups -OCH3 is 1. The van der Waals surface area contributed by atoms with Gasteiger partial charge in [0.1, 0.15) is 0 Å². The standard InChI is InChI=1S/C13H21NO4S/c1-11-4-5-13(12(14)10-11)19(15,16)9-3-6-18-8-7-17-2/h4-5,10H,3,6-9,14H2,1-2H3. The average molecular weight is 287 g/mol. The maximum Gasteiger partial charge on any atom is 0.180 e. The van der Waals surface area contributed by atoms with Crippen molar-refractivity contribution in [2.24, 2.45) is 0 Å². The highest BCUT2D eigenvalue weighted by atomic mass is 32.2. The van der Waals surface area contributed by atoms with Gasteiger partial charge in [-0.15, -0.1) is 0 Å². The number of rotatable bonds is 8. The molecule has 0 unspecified atom stereocenters. The molecule has 0 spiro atoms. The Hall–Kier alpha value is -1.11. The van der Waals surface area contributed by atoms with E-state index in [1.807, 2.05) is 6.92 Å². The van der Waals surface area contributed by atoms with Gasteiger partial charge in [0.15, 0.2) is 9.84 Å². The van der Waals surface area contributed by atoms with E-state index in [0.29, 0.717) is 31.9 Å². The first kappa shape index (κ1) is 15.9. The van der Waals surface area contributed by atoms with Gasteiger partial charge in [0.2, 0.25) is 0 Å². The molecule has 108 valence electrons. The lowest BCUT2D eigenvalue weighted by Gasteiger charge is -2.08. The molecule has 0 aliphatic heterocycles. The predicted molar refractivity (Wildman–Crippen MR) is 75.0 cm³/mol. The second kappa shape index (κ2) is 7.47. The molecule has 0 amide bonds. The van der Waals surface area contributed by atoms with Crippen molar-refractivity contribution in [3.63, 3.8) is 0 Å². The second-order valence-corrected chi connectivity index (χ2v) is 6.40. The van der Waals surface area contributed by atoms with Crippen molar-refractivity contribution in [1.29, 1.82) is 0 Å². The van der Waals surface area contributed by atoms with Gasteiger partial charge >= 0.3 is 0 Å². The van der Waals surface area contributed by atoms with Crippen LogP contribution in [0.3, 0.4) is 0 Å². The number of ether oxygens (including phenoxy) is 2. The third kappa shape index (κ3) is 5.18. The van der Waals surface area contributed by atoms with Crippen LogP contribution in [0.1, 0.15) is 12.0 Å². The van der Waals surface area contributed by atoms with E-state index < -0.39 is 9.84 Å². The van der Waals surface area contributed by atoms with Gasteiger partial charge in [0, 0.05) is 13.7 Å². The molecule has 1 aromatic carbocycles. The summed E-state index contributed by atoms with van der Waals surface area (Å²) in [5.41, 5.74) is 7.00. The molecule has 0 saturated carbocycles. The zero-order valence-corrected chi connectivity index (χ0v) is 12.2. The zero-order valence-electron chi connectivity index (χ0n) is 11.4. The summed E-state index contributed by atoms with van der Waals surface area (Å²) in [7, 11) is -1.75. The Bertz CT molecular complexity index is 499. The number of nitrogens with two attached hydrogens (primary N) is 1. The molecule has 0 fully saturated rings. The Morgan fingerprint density at radius 3 is 2.58 bits per heavy atom. The summed E-state index contributed by atoms with van der Waals surface area (Å²) in [6.45, 7) is 3.26. The fourth-order valence-electron chi connectivity index (χ4n) is 1.66. The molecule has 0 saturated heterocycles. The van der Waals surface area contributed by atoms with E-state index in [1.54, 1.807) is 25.3 Å². The Labute approximate surface area is 114 Å². The zero-order chi connectivity index (χ0) is 14.3. The van der Waals surface area contributed by atoms with E-state index in [1.165, 1.54) is 0 Å². The molecule has 0 atom stereocenters. The van der Waals surface area contributed by atoms with Crippen molar-refractivity contribution < 1.29 is 17.9 Å². The largest absolute Gasteiger partial charge is 0.398 e. The number of anilines is 1.